The molecule has 0 aliphatic heterocycles. The molecular formula is C26H30ClNO2. The van der Waals surface area contributed by atoms with Gasteiger partial charge in [-0.25, -0.2) is 0 Å². The molecule has 3 aromatic rings. The molecular weight excluding hydrogens is 394 g/mol. The second kappa shape index (κ2) is 11.1. The van der Waals surface area contributed by atoms with Crippen LogP contribution in [0.3, 0.4) is 0 Å². The zero-order valence-electron chi connectivity index (χ0n) is 17.7. The number of hydrogen-bond donors (Lipinski definition) is 1. The summed E-state index contributed by atoms with van der Waals surface area (Å²) in [7, 11) is 0. The number of likely N-dealkylation sites (N-methyl/N-ethyl adjacent to an activating group) is 1. The first kappa shape index (κ1) is 22.2. The van der Waals surface area contributed by atoms with Crippen LogP contribution in [0.2, 0.25) is 0 Å². The maximum Gasteiger partial charge on any atom is 0.119 e. The molecule has 30 heavy (non-hydrogen) atoms. The van der Waals surface area contributed by atoms with Gasteiger partial charge in [-0.1, -0.05) is 68.4 Å². The number of nitrogens with zero attached hydrogens (tertiary/aromatic N) is 1. The van der Waals surface area contributed by atoms with Crippen LogP contribution >= 0.6 is 11.6 Å². The lowest BCUT2D eigenvalue weighted by atomic mass is 9.85. The van der Waals surface area contributed by atoms with Gasteiger partial charge >= 0.3 is 0 Å². The molecule has 0 amide bonds. The molecule has 4 heteroatoms. The van der Waals surface area contributed by atoms with Crippen molar-refractivity contribution < 1.29 is 9.84 Å². The molecule has 3 rings (SSSR count). The maximum absolute atomic E-state index is 9.62. The van der Waals surface area contributed by atoms with E-state index in [-0.39, 0.29) is 17.0 Å². The van der Waals surface area contributed by atoms with Gasteiger partial charge < -0.3 is 14.7 Å². The van der Waals surface area contributed by atoms with Gasteiger partial charge in [0.1, 0.15) is 18.1 Å². The predicted octanol–water partition coefficient (Wildman–Crippen LogP) is 6.22. The van der Waals surface area contributed by atoms with Crippen LogP contribution in [0.1, 0.15) is 41.8 Å². The van der Waals surface area contributed by atoms with Crippen molar-refractivity contribution in [1.29, 1.82) is 0 Å². The Kier molecular flexibility index (Phi) is 8.18. The first-order chi connectivity index (χ1) is 14.6. The van der Waals surface area contributed by atoms with Gasteiger partial charge in [0, 0.05) is 12.5 Å². The highest BCUT2D eigenvalue weighted by atomic mass is 35.5. The number of benzene rings is 3. The maximum atomic E-state index is 9.62. The molecule has 3 nitrogen and oxygen atoms in total. The zero-order valence-corrected chi connectivity index (χ0v) is 18.4. The Morgan fingerprint density at radius 1 is 0.800 bits per heavy atom. The second-order valence-electron chi connectivity index (χ2n) is 7.33. The average Bonchev–Trinajstić information content (AvgIpc) is 2.79. The summed E-state index contributed by atoms with van der Waals surface area (Å²) in [4.78, 5) is 2.34. The Hall–Kier alpha value is -2.49. The third-order valence-electron chi connectivity index (χ3n) is 5.47. The van der Waals surface area contributed by atoms with E-state index >= 15 is 0 Å². The molecule has 0 saturated carbocycles. The van der Waals surface area contributed by atoms with E-state index in [1.807, 2.05) is 42.5 Å². The van der Waals surface area contributed by atoms with E-state index in [9.17, 15) is 5.11 Å². The van der Waals surface area contributed by atoms with Crippen molar-refractivity contribution in [1.82, 2.24) is 4.90 Å². The summed E-state index contributed by atoms with van der Waals surface area (Å²) in [6.45, 7) is 8.00. The molecule has 0 spiro atoms. The van der Waals surface area contributed by atoms with E-state index in [2.05, 4.69) is 43.0 Å². The number of rotatable bonds is 10. The fourth-order valence-corrected chi connectivity index (χ4v) is 4.08. The molecule has 0 aromatic heterocycles. The minimum absolute atomic E-state index is 0.0119. The van der Waals surface area contributed by atoms with Crippen LogP contribution in [0.5, 0.6) is 11.5 Å². The summed E-state index contributed by atoms with van der Waals surface area (Å²) in [6, 6.07) is 25.7. The minimum atomic E-state index is -0.262. The van der Waals surface area contributed by atoms with Crippen LogP contribution in [0.4, 0.5) is 0 Å². The normalized spacial score (nSPS) is 13.2. The fraction of sp³-hybridized carbons (Fsp3) is 0.308. The van der Waals surface area contributed by atoms with Gasteiger partial charge in [0.05, 0.1) is 5.38 Å². The van der Waals surface area contributed by atoms with Crippen molar-refractivity contribution in [3.05, 3.63) is 95.6 Å². The van der Waals surface area contributed by atoms with Crippen molar-refractivity contribution in [2.45, 2.75) is 25.1 Å². The average molecular weight is 424 g/mol. The number of alkyl halides is 1. The highest BCUT2D eigenvalue weighted by molar-refractivity contribution is 6.21. The van der Waals surface area contributed by atoms with E-state index in [1.54, 1.807) is 12.1 Å². The molecule has 0 heterocycles. The first-order valence-corrected chi connectivity index (χ1v) is 11.0. The monoisotopic (exact) mass is 423 g/mol. The van der Waals surface area contributed by atoms with Crippen molar-refractivity contribution >= 4 is 11.6 Å². The molecule has 0 saturated heterocycles. The van der Waals surface area contributed by atoms with Crippen molar-refractivity contribution in [3.63, 3.8) is 0 Å². The standard InChI is InChI=1S/C26H30ClNO2/c1-3-28(4-2)18-19-30-24-16-12-21(13-17-24)25(20-8-6-5-7-9-20)26(27)22-10-14-23(29)15-11-22/h5-17,25-26,29H,3-4,18-19H2,1-2H3. The lowest BCUT2D eigenvalue weighted by Crippen LogP contribution is -2.27. The van der Waals surface area contributed by atoms with Crippen LogP contribution in [0.25, 0.3) is 0 Å². The summed E-state index contributed by atoms with van der Waals surface area (Å²) in [5.74, 6) is 1.10. The van der Waals surface area contributed by atoms with Gasteiger partial charge in [0.25, 0.3) is 0 Å². The summed E-state index contributed by atoms with van der Waals surface area (Å²) in [6.07, 6.45) is 0. The zero-order chi connectivity index (χ0) is 21.3. The smallest absolute Gasteiger partial charge is 0.119 e. The molecule has 0 aliphatic rings. The van der Waals surface area contributed by atoms with E-state index in [0.717, 1.165) is 42.1 Å². The summed E-state index contributed by atoms with van der Waals surface area (Å²) in [5.41, 5.74) is 3.26. The Balaban J connectivity index is 1.79. The van der Waals surface area contributed by atoms with Gasteiger partial charge in [-0.05, 0) is 54.0 Å². The largest absolute Gasteiger partial charge is 0.508 e. The number of hydrogen-bond acceptors (Lipinski definition) is 3. The van der Waals surface area contributed by atoms with Crippen molar-refractivity contribution in [2.75, 3.05) is 26.2 Å². The van der Waals surface area contributed by atoms with Crippen molar-refractivity contribution in [2.24, 2.45) is 0 Å². The predicted molar refractivity (Wildman–Crippen MR) is 125 cm³/mol. The van der Waals surface area contributed by atoms with Crippen LogP contribution in [-0.4, -0.2) is 36.2 Å². The highest BCUT2D eigenvalue weighted by Crippen LogP contribution is 2.41. The number of aromatic hydroxyl groups is 1. The van der Waals surface area contributed by atoms with E-state index in [4.69, 9.17) is 16.3 Å². The Labute approximate surface area is 184 Å². The molecule has 158 valence electrons. The van der Waals surface area contributed by atoms with Gasteiger partial charge in [-0.15, -0.1) is 11.6 Å². The highest BCUT2D eigenvalue weighted by Gasteiger charge is 2.25. The molecule has 2 atom stereocenters. The third-order valence-corrected chi connectivity index (χ3v) is 5.98. The number of halogens is 1. The third kappa shape index (κ3) is 5.78. The Morgan fingerprint density at radius 2 is 1.37 bits per heavy atom. The van der Waals surface area contributed by atoms with Crippen LogP contribution in [0, 0.1) is 0 Å². The fourth-order valence-electron chi connectivity index (χ4n) is 3.65. The summed E-state index contributed by atoms with van der Waals surface area (Å²) in [5, 5.41) is 9.36. The molecule has 0 fully saturated rings. The van der Waals surface area contributed by atoms with E-state index in [0.29, 0.717) is 6.61 Å². The molecule has 2 unspecified atom stereocenters. The lowest BCUT2D eigenvalue weighted by molar-refractivity contribution is 0.223. The second-order valence-corrected chi connectivity index (χ2v) is 7.80. The number of phenols is 1. The molecule has 0 radical (unpaired) electrons. The van der Waals surface area contributed by atoms with Gasteiger partial charge in [-0.2, -0.15) is 0 Å². The lowest BCUT2D eigenvalue weighted by Gasteiger charge is -2.24. The SMILES string of the molecule is CCN(CC)CCOc1ccc(C(c2ccccc2)C(Cl)c2ccc(O)cc2)cc1. The van der Waals surface area contributed by atoms with Gasteiger partial charge in [0.15, 0.2) is 0 Å². The summed E-state index contributed by atoms with van der Waals surface area (Å²) >= 11 is 6.97. The topological polar surface area (TPSA) is 32.7 Å². The molecule has 0 bridgehead atoms. The van der Waals surface area contributed by atoms with Gasteiger partial charge in [-0.3, -0.25) is 0 Å². The van der Waals surface area contributed by atoms with E-state index in [1.165, 1.54) is 0 Å². The molecule has 3 aromatic carbocycles. The number of ether oxygens (including phenoxy) is 1. The van der Waals surface area contributed by atoms with Crippen LogP contribution in [0.15, 0.2) is 78.9 Å². The first-order valence-electron chi connectivity index (χ1n) is 10.6. The van der Waals surface area contributed by atoms with Crippen molar-refractivity contribution in [3.8, 4) is 11.5 Å². The van der Waals surface area contributed by atoms with Gasteiger partial charge in [0.2, 0.25) is 0 Å². The molecule has 0 aliphatic carbocycles. The molecule has 1 N–H and O–H groups in total. The van der Waals surface area contributed by atoms with Crippen LogP contribution < -0.4 is 4.74 Å². The Morgan fingerprint density at radius 3 is 1.97 bits per heavy atom. The van der Waals surface area contributed by atoms with E-state index < -0.39 is 0 Å². The number of phenolic OH excluding ortho intramolecular Hbond substituents is 1. The summed E-state index contributed by atoms with van der Waals surface area (Å²) < 4.78 is 5.94. The quantitative estimate of drug-likeness (QED) is 0.392. The van der Waals surface area contributed by atoms with Crippen LogP contribution in [-0.2, 0) is 0 Å². The minimum Gasteiger partial charge on any atom is -0.508 e. The Bertz CT molecular complexity index is 877.